The molecule has 10 nitrogen and oxygen atoms in total. The van der Waals surface area contributed by atoms with Gasteiger partial charge >= 0.3 is 5.69 Å². The van der Waals surface area contributed by atoms with E-state index in [0.717, 1.165) is 12.1 Å². The average Bonchev–Trinajstić information content (AvgIpc) is 2.84. The van der Waals surface area contributed by atoms with Crippen molar-refractivity contribution in [1.82, 2.24) is 15.0 Å². The molecule has 0 atom stereocenters. The number of anilines is 3. The van der Waals surface area contributed by atoms with E-state index in [1.165, 1.54) is 25.4 Å². The van der Waals surface area contributed by atoms with Gasteiger partial charge in [-0.3, -0.25) is 15.1 Å². The number of nitrogens with zero attached hydrogens (tertiary/aromatic N) is 4. The van der Waals surface area contributed by atoms with Crippen molar-refractivity contribution in [2.75, 3.05) is 18.2 Å². The summed E-state index contributed by atoms with van der Waals surface area (Å²) in [6, 6.07) is 11.5. The highest BCUT2D eigenvalue weighted by atomic mass is 19.1. The number of nitrogens with one attached hydrogen (secondary N) is 1. The Morgan fingerprint density at radius 2 is 1.91 bits per heavy atom. The zero-order valence-electron chi connectivity index (χ0n) is 18.2. The van der Waals surface area contributed by atoms with Gasteiger partial charge in [-0.15, -0.1) is 0 Å². The van der Waals surface area contributed by atoms with E-state index in [0.29, 0.717) is 16.8 Å². The lowest BCUT2D eigenvalue weighted by molar-refractivity contribution is -0.387. The molecular formula is C23H18F2N6O4. The summed E-state index contributed by atoms with van der Waals surface area (Å²) in [4.78, 5) is 22.6. The van der Waals surface area contributed by atoms with E-state index in [1.807, 2.05) is 0 Å². The zero-order valence-corrected chi connectivity index (χ0v) is 18.2. The number of benzene rings is 2. The Kier molecular flexibility index (Phi) is 6.62. The van der Waals surface area contributed by atoms with E-state index in [1.54, 1.807) is 30.5 Å². The Morgan fingerprint density at radius 3 is 2.57 bits per heavy atom. The number of methoxy groups -OCH3 is 1. The van der Waals surface area contributed by atoms with Crippen LogP contribution in [0.15, 0.2) is 60.9 Å². The molecule has 2 aromatic carbocycles. The number of hydrogen-bond donors (Lipinski definition) is 2. The number of ether oxygens (including phenoxy) is 2. The lowest BCUT2D eigenvalue weighted by atomic mass is 10.1. The molecule has 178 valence electrons. The van der Waals surface area contributed by atoms with Crippen LogP contribution in [0, 0.1) is 21.7 Å². The minimum absolute atomic E-state index is 0.00251. The fourth-order valence-corrected chi connectivity index (χ4v) is 3.17. The third-order valence-electron chi connectivity index (χ3n) is 4.87. The molecule has 0 aliphatic rings. The van der Waals surface area contributed by atoms with Crippen molar-refractivity contribution in [2.24, 2.45) is 0 Å². The third kappa shape index (κ3) is 5.21. The number of pyridine rings is 1. The highest BCUT2D eigenvalue weighted by molar-refractivity contribution is 5.75. The van der Waals surface area contributed by atoms with Gasteiger partial charge in [-0.25, -0.2) is 9.37 Å². The van der Waals surface area contributed by atoms with Gasteiger partial charge in [-0.2, -0.15) is 9.37 Å². The van der Waals surface area contributed by atoms with Crippen LogP contribution >= 0.6 is 0 Å². The molecule has 0 bridgehead atoms. The molecule has 0 fully saturated rings. The molecule has 35 heavy (non-hydrogen) atoms. The van der Waals surface area contributed by atoms with E-state index < -0.39 is 22.2 Å². The van der Waals surface area contributed by atoms with E-state index in [2.05, 4.69) is 20.3 Å². The molecule has 0 aliphatic heterocycles. The molecule has 0 saturated carbocycles. The molecule has 12 heteroatoms. The summed E-state index contributed by atoms with van der Waals surface area (Å²) in [6.07, 6.45) is 2.98. The number of hydrogen-bond acceptors (Lipinski definition) is 9. The second-order valence-corrected chi connectivity index (χ2v) is 7.13. The van der Waals surface area contributed by atoms with Crippen molar-refractivity contribution in [2.45, 2.75) is 6.61 Å². The molecule has 2 heterocycles. The van der Waals surface area contributed by atoms with Crippen LogP contribution < -0.4 is 20.5 Å². The Balaban J connectivity index is 1.54. The Morgan fingerprint density at radius 1 is 1.09 bits per heavy atom. The number of nitro benzene ring substituents is 1. The normalized spacial score (nSPS) is 10.6. The summed E-state index contributed by atoms with van der Waals surface area (Å²) in [5.74, 6) is -1.63. The van der Waals surface area contributed by atoms with Crippen molar-refractivity contribution in [3.63, 3.8) is 0 Å². The lowest BCUT2D eigenvalue weighted by Gasteiger charge is -2.12. The molecule has 2 aromatic heterocycles. The van der Waals surface area contributed by atoms with E-state index >= 15 is 0 Å². The summed E-state index contributed by atoms with van der Waals surface area (Å²) >= 11 is 0. The second-order valence-electron chi connectivity index (χ2n) is 7.13. The maximum Gasteiger partial charge on any atom is 0.307 e. The van der Waals surface area contributed by atoms with Crippen LogP contribution in [0.3, 0.4) is 0 Å². The smallest absolute Gasteiger partial charge is 0.307 e. The van der Waals surface area contributed by atoms with Crippen molar-refractivity contribution in [3.8, 4) is 22.6 Å². The number of nitrogen functional groups attached to an aromatic ring is 1. The highest BCUT2D eigenvalue weighted by Gasteiger charge is 2.20. The van der Waals surface area contributed by atoms with Crippen LogP contribution in [0.5, 0.6) is 11.5 Å². The first-order valence-electron chi connectivity index (χ1n) is 10.1. The summed E-state index contributed by atoms with van der Waals surface area (Å²) < 4.78 is 39.0. The van der Waals surface area contributed by atoms with Crippen LogP contribution in [0.4, 0.5) is 31.9 Å². The van der Waals surface area contributed by atoms with E-state index in [4.69, 9.17) is 15.2 Å². The maximum absolute atomic E-state index is 14.6. The van der Waals surface area contributed by atoms with Gasteiger partial charge in [-0.05, 0) is 29.8 Å². The molecule has 0 unspecified atom stereocenters. The van der Waals surface area contributed by atoms with Crippen LogP contribution in [0.2, 0.25) is 0 Å². The number of rotatable bonds is 8. The van der Waals surface area contributed by atoms with Gasteiger partial charge in [0.15, 0.2) is 11.6 Å². The standard InChI is InChI=1S/C23H18F2N6O4/c1-34-21-9-16(24)19(31(32)33)10-18(21)29-23-28-11-15(22(26)30-23)13-5-6-20(17(25)8-13)35-12-14-4-2-3-7-27-14/h2-11H,12H2,1H3,(H3,26,28,29,30). The number of aromatic nitrogens is 3. The van der Waals surface area contributed by atoms with Crippen LogP contribution in [-0.4, -0.2) is 27.0 Å². The van der Waals surface area contributed by atoms with Crippen LogP contribution in [0.1, 0.15) is 5.69 Å². The second kappa shape index (κ2) is 9.95. The first-order chi connectivity index (χ1) is 16.9. The minimum atomic E-state index is -1.05. The van der Waals surface area contributed by atoms with Crippen LogP contribution in [-0.2, 0) is 6.61 Å². The fourth-order valence-electron chi connectivity index (χ4n) is 3.17. The maximum atomic E-state index is 14.6. The number of halogens is 2. The van der Waals surface area contributed by atoms with Crippen molar-refractivity contribution >= 4 is 23.1 Å². The fraction of sp³-hybridized carbons (Fsp3) is 0.0870. The minimum Gasteiger partial charge on any atom is -0.494 e. The Labute approximate surface area is 197 Å². The summed E-state index contributed by atoms with van der Waals surface area (Å²) in [6.45, 7) is 0.105. The molecule has 4 aromatic rings. The molecule has 3 N–H and O–H groups in total. The third-order valence-corrected chi connectivity index (χ3v) is 4.87. The predicted octanol–water partition coefficient (Wildman–Crippen LogP) is 4.64. The molecule has 0 aliphatic carbocycles. The average molecular weight is 480 g/mol. The van der Waals surface area contributed by atoms with E-state index in [-0.39, 0.29) is 35.6 Å². The quantitative estimate of drug-likeness (QED) is 0.273. The van der Waals surface area contributed by atoms with E-state index in [9.17, 15) is 18.9 Å². The first-order valence-corrected chi connectivity index (χ1v) is 10.1. The van der Waals surface area contributed by atoms with Crippen molar-refractivity contribution in [1.29, 1.82) is 0 Å². The summed E-state index contributed by atoms with van der Waals surface area (Å²) in [5, 5.41) is 13.8. The van der Waals surface area contributed by atoms with Gasteiger partial charge in [0.05, 0.1) is 23.4 Å². The first kappa shape index (κ1) is 23.3. The van der Waals surface area contributed by atoms with Gasteiger partial charge in [0.1, 0.15) is 18.2 Å². The van der Waals surface area contributed by atoms with Gasteiger partial charge in [0.25, 0.3) is 0 Å². The number of nitro groups is 1. The Bertz CT molecular complexity index is 1390. The molecule has 0 spiro atoms. The van der Waals surface area contributed by atoms with Gasteiger partial charge in [0.2, 0.25) is 11.8 Å². The molecular weight excluding hydrogens is 462 g/mol. The highest BCUT2D eigenvalue weighted by Crippen LogP contribution is 2.34. The van der Waals surface area contributed by atoms with Gasteiger partial charge in [0, 0.05) is 30.1 Å². The SMILES string of the molecule is COc1cc(F)c([N+](=O)[O-])cc1Nc1ncc(-c2ccc(OCc3ccccn3)c(F)c2)c(N)n1. The molecule has 0 radical (unpaired) electrons. The summed E-state index contributed by atoms with van der Waals surface area (Å²) in [7, 11) is 1.28. The monoisotopic (exact) mass is 480 g/mol. The summed E-state index contributed by atoms with van der Waals surface area (Å²) in [5.41, 5.74) is 6.77. The lowest BCUT2D eigenvalue weighted by Crippen LogP contribution is -2.04. The largest absolute Gasteiger partial charge is 0.494 e. The Hall–Kier alpha value is -4.87. The molecule has 4 rings (SSSR count). The van der Waals surface area contributed by atoms with Gasteiger partial charge < -0.3 is 20.5 Å². The number of nitrogens with two attached hydrogens (primary N) is 1. The zero-order chi connectivity index (χ0) is 24.9. The van der Waals surface area contributed by atoms with Crippen molar-refractivity contribution < 1.29 is 23.2 Å². The molecule has 0 amide bonds. The molecule has 0 saturated heterocycles. The topological polar surface area (TPSA) is 138 Å². The van der Waals surface area contributed by atoms with Gasteiger partial charge in [-0.1, -0.05) is 12.1 Å². The van der Waals surface area contributed by atoms with Crippen molar-refractivity contribution in [3.05, 3.63) is 88.4 Å². The van der Waals surface area contributed by atoms with Crippen LogP contribution in [0.25, 0.3) is 11.1 Å². The predicted molar refractivity (Wildman–Crippen MR) is 123 cm³/mol.